The number of aromatic nitrogens is 1. The topological polar surface area (TPSA) is 25.2 Å². The Kier molecular flexibility index (Phi) is 2.96. The molecule has 0 aliphatic heterocycles. The van der Waals surface area contributed by atoms with Gasteiger partial charge in [-0.05, 0) is 45.0 Å². The largest absolute Gasteiger partial charge is 0.390 e. The van der Waals surface area contributed by atoms with Crippen molar-refractivity contribution in [2.45, 2.75) is 39.3 Å². The maximum atomic E-state index is 13.2. The number of hydrogen-bond donors (Lipinski definition) is 1. The molecule has 0 amide bonds. The van der Waals surface area contributed by atoms with Gasteiger partial charge >= 0.3 is 0 Å². The van der Waals surface area contributed by atoms with Gasteiger partial charge in [0, 0.05) is 29.6 Å². The van der Waals surface area contributed by atoms with Crippen LogP contribution in [-0.4, -0.2) is 15.3 Å². The van der Waals surface area contributed by atoms with Gasteiger partial charge in [0.25, 0.3) is 0 Å². The zero-order valence-corrected chi connectivity index (χ0v) is 10.5. The molecule has 0 unspecified atom stereocenters. The standard InChI is InChI=1S/C14H18FNO/c1-4-16-12(9-14(2,3)17)8-10-7-11(15)5-6-13(10)16/h5-8,17H,4,9H2,1-3H3. The Labute approximate surface area is 101 Å². The molecular weight excluding hydrogens is 217 g/mol. The van der Waals surface area contributed by atoms with Crippen molar-refractivity contribution in [1.29, 1.82) is 0 Å². The zero-order chi connectivity index (χ0) is 12.6. The molecule has 0 saturated carbocycles. The molecule has 3 heteroatoms. The normalized spacial score (nSPS) is 12.3. The second-order valence-electron chi connectivity index (χ2n) is 5.07. The van der Waals surface area contributed by atoms with Crippen molar-refractivity contribution in [3.63, 3.8) is 0 Å². The number of nitrogens with zero attached hydrogens (tertiary/aromatic N) is 1. The van der Waals surface area contributed by atoms with Crippen molar-refractivity contribution in [2.24, 2.45) is 0 Å². The summed E-state index contributed by atoms with van der Waals surface area (Å²) in [7, 11) is 0. The van der Waals surface area contributed by atoms with Crippen LogP contribution in [0.1, 0.15) is 26.5 Å². The summed E-state index contributed by atoms with van der Waals surface area (Å²) in [6.07, 6.45) is 0.567. The molecule has 0 bridgehead atoms. The van der Waals surface area contributed by atoms with Gasteiger partial charge in [0.15, 0.2) is 0 Å². The van der Waals surface area contributed by atoms with Gasteiger partial charge in [-0.2, -0.15) is 0 Å². The third kappa shape index (κ3) is 2.50. The van der Waals surface area contributed by atoms with Crippen molar-refractivity contribution in [2.75, 3.05) is 0 Å². The van der Waals surface area contributed by atoms with E-state index in [0.717, 1.165) is 23.1 Å². The summed E-state index contributed by atoms with van der Waals surface area (Å²) in [5.74, 6) is -0.222. The molecule has 0 saturated heterocycles. The Morgan fingerprint density at radius 2 is 2.00 bits per heavy atom. The summed E-state index contributed by atoms with van der Waals surface area (Å²) < 4.78 is 15.3. The van der Waals surface area contributed by atoms with Gasteiger partial charge in [-0.15, -0.1) is 0 Å². The first-order valence-electron chi connectivity index (χ1n) is 5.91. The molecule has 0 spiro atoms. The van der Waals surface area contributed by atoms with Crippen LogP contribution in [0.2, 0.25) is 0 Å². The number of fused-ring (bicyclic) bond motifs is 1. The number of benzene rings is 1. The van der Waals surface area contributed by atoms with E-state index in [9.17, 15) is 9.50 Å². The van der Waals surface area contributed by atoms with Gasteiger partial charge in [0.1, 0.15) is 5.82 Å². The molecule has 0 aliphatic carbocycles. The molecule has 2 nitrogen and oxygen atoms in total. The quantitative estimate of drug-likeness (QED) is 0.868. The Morgan fingerprint density at radius 3 is 2.59 bits per heavy atom. The molecule has 0 radical (unpaired) electrons. The lowest BCUT2D eigenvalue weighted by atomic mass is 10.0. The first-order valence-corrected chi connectivity index (χ1v) is 5.91. The summed E-state index contributed by atoms with van der Waals surface area (Å²) in [4.78, 5) is 0. The SMILES string of the molecule is CCn1c(CC(C)(C)O)cc2cc(F)ccc21. The highest BCUT2D eigenvalue weighted by atomic mass is 19.1. The molecule has 2 aromatic rings. The second kappa shape index (κ2) is 4.15. The molecule has 0 atom stereocenters. The first-order chi connectivity index (χ1) is 7.90. The summed E-state index contributed by atoms with van der Waals surface area (Å²) in [6.45, 7) is 6.44. The lowest BCUT2D eigenvalue weighted by molar-refractivity contribution is 0.0791. The van der Waals surface area contributed by atoms with Crippen LogP contribution in [0.15, 0.2) is 24.3 Å². The van der Waals surface area contributed by atoms with E-state index in [1.165, 1.54) is 12.1 Å². The molecule has 1 heterocycles. The third-order valence-corrected chi connectivity index (χ3v) is 2.88. The van der Waals surface area contributed by atoms with Crippen molar-refractivity contribution in [1.82, 2.24) is 4.57 Å². The third-order valence-electron chi connectivity index (χ3n) is 2.88. The molecule has 2 rings (SSSR count). The Balaban J connectivity index is 2.55. The van der Waals surface area contributed by atoms with Crippen LogP contribution in [0.4, 0.5) is 4.39 Å². The minimum atomic E-state index is -0.750. The van der Waals surface area contributed by atoms with Crippen LogP contribution in [0.3, 0.4) is 0 Å². The average molecular weight is 235 g/mol. The van der Waals surface area contributed by atoms with Crippen LogP contribution < -0.4 is 0 Å². The van der Waals surface area contributed by atoms with Gasteiger partial charge < -0.3 is 9.67 Å². The summed E-state index contributed by atoms with van der Waals surface area (Å²) in [6, 6.07) is 6.76. The highest BCUT2D eigenvalue weighted by Gasteiger charge is 2.17. The molecule has 1 aromatic heterocycles. The van der Waals surface area contributed by atoms with E-state index < -0.39 is 5.60 Å². The Hall–Kier alpha value is -1.35. The minimum absolute atomic E-state index is 0.222. The van der Waals surface area contributed by atoms with Crippen molar-refractivity contribution in [3.05, 3.63) is 35.8 Å². The fraction of sp³-hybridized carbons (Fsp3) is 0.429. The van der Waals surface area contributed by atoms with E-state index >= 15 is 0 Å². The predicted octanol–water partition coefficient (Wildman–Crippen LogP) is 3.11. The molecule has 92 valence electrons. The molecular formula is C14H18FNO. The molecule has 0 aliphatic rings. The van der Waals surface area contributed by atoms with Crippen LogP contribution in [0, 0.1) is 5.82 Å². The molecule has 1 aromatic carbocycles. The number of aryl methyl sites for hydroxylation is 1. The predicted molar refractivity (Wildman–Crippen MR) is 67.6 cm³/mol. The van der Waals surface area contributed by atoms with Gasteiger partial charge in [-0.1, -0.05) is 0 Å². The van der Waals surface area contributed by atoms with Crippen molar-refractivity contribution < 1.29 is 9.50 Å². The maximum Gasteiger partial charge on any atom is 0.123 e. The number of hydrogen-bond acceptors (Lipinski definition) is 1. The van der Waals surface area contributed by atoms with E-state index in [1.807, 2.05) is 6.07 Å². The van der Waals surface area contributed by atoms with Crippen molar-refractivity contribution >= 4 is 10.9 Å². The van der Waals surface area contributed by atoms with Gasteiger partial charge in [0.2, 0.25) is 0 Å². The summed E-state index contributed by atoms with van der Waals surface area (Å²) in [5, 5.41) is 10.8. The van der Waals surface area contributed by atoms with E-state index in [4.69, 9.17) is 0 Å². The molecule has 0 fully saturated rings. The fourth-order valence-electron chi connectivity index (χ4n) is 2.26. The van der Waals surface area contributed by atoms with Crippen LogP contribution in [-0.2, 0) is 13.0 Å². The second-order valence-corrected chi connectivity index (χ2v) is 5.07. The van der Waals surface area contributed by atoms with Gasteiger partial charge in [-0.25, -0.2) is 4.39 Å². The van der Waals surface area contributed by atoms with E-state index in [-0.39, 0.29) is 5.82 Å². The van der Waals surface area contributed by atoms with E-state index in [1.54, 1.807) is 19.9 Å². The average Bonchev–Trinajstić information content (AvgIpc) is 2.51. The first kappa shape index (κ1) is 12.1. The number of aliphatic hydroxyl groups is 1. The highest BCUT2D eigenvalue weighted by molar-refractivity contribution is 5.81. The van der Waals surface area contributed by atoms with E-state index in [0.29, 0.717) is 6.42 Å². The zero-order valence-electron chi connectivity index (χ0n) is 10.5. The lowest BCUT2D eigenvalue weighted by Gasteiger charge is -2.18. The summed E-state index contributed by atoms with van der Waals surface area (Å²) >= 11 is 0. The Morgan fingerprint density at radius 1 is 1.29 bits per heavy atom. The minimum Gasteiger partial charge on any atom is -0.390 e. The van der Waals surface area contributed by atoms with Crippen LogP contribution >= 0.6 is 0 Å². The van der Waals surface area contributed by atoms with Gasteiger partial charge in [-0.3, -0.25) is 0 Å². The van der Waals surface area contributed by atoms with E-state index in [2.05, 4.69) is 11.5 Å². The lowest BCUT2D eigenvalue weighted by Crippen LogP contribution is -2.23. The fourth-order valence-corrected chi connectivity index (χ4v) is 2.26. The monoisotopic (exact) mass is 235 g/mol. The Bertz CT molecular complexity index is 537. The highest BCUT2D eigenvalue weighted by Crippen LogP contribution is 2.24. The number of rotatable bonds is 3. The molecule has 1 N–H and O–H groups in total. The van der Waals surface area contributed by atoms with Crippen molar-refractivity contribution in [3.8, 4) is 0 Å². The maximum absolute atomic E-state index is 13.2. The molecule has 17 heavy (non-hydrogen) atoms. The van der Waals surface area contributed by atoms with Crippen LogP contribution in [0.25, 0.3) is 10.9 Å². The van der Waals surface area contributed by atoms with Crippen LogP contribution in [0.5, 0.6) is 0 Å². The summed E-state index contributed by atoms with van der Waals surface area (Å²) in [5.41, 5.74) is 1.31. The number of halogens is 1. The smallest absolute Gasteiger partial charge is 0.123 e. The van der Waals surface area contributed by atoms with Gasteiger partial charge in [0.05, 0.1) is 5.60 Å².